The Morgan fingerprint density at radius 1 is 1.06 bits per heavy atom. The van der Waals surface area contributed by atoms with Crippen LogP contribution in [0.1, 0.15) is 35.2 Å². The second kappa shape index (κ2) is 9.79. The molecule has 0 N–H and O–H groups in total. The number of aromatic nitrogens is 1. The summed E-state index contributed by atoms with van der Waals surface area (Å²) < 4.78 is 15.0. The number of rotatable bonds is 6. The van der Waals surface area contributed by atoms with Crippen molar-refractivity contribution in [3.05, 3.63) is 93.8 Å². The van der Waals surface area contributed by atoms with Crippen molar-refractivity contribution in [2.75, 3.05) is 22.9 Å². The van der Waals surface area contributed by atoms with Crippen LogP contribution < -0.4 is 9.80 Å². The van der Waals surface area contributed by atoms with Crippen LogP contribution in [0.5, 0.6) is 0 Å². The van der Waals surface area contributed by atoms with Gasteiger partial charge in [-0.15, -0.1) is 0 Å². The molecule has 4 aromatic rings. The fourth-order valence-electron chi connectivity index (χ4n) is 4.37. The molecule has 0 saturated carbocycles. The molecule has 0 radical (unpaired) electrons. The second-order valence-corrected chi connectivity index (χ2v) is 9.48. The number of hydrogen-bond donors (Lipinski definition) is 0. The van der Waals surface area contributed by atoms with Gasteiger partial charge in [-0.25, -0.2) is 9.37 Å². The first-order valence-corrected chi connectivity index (χ1v) is 12.3. The average Bonchev–Trinajstić information content (AvgIpc) is 3.33. The van der Waals surface area contributed by atoms with Gasteiger partial charge in [0.2, 0.25) is 0 Å². The maximum absolute atomic E-state index is 14.3. The largest absolute Gasteiger partial charge is 0.366 e. The number of halogens is 1. The fourth-order valence-corrected chi connectivity index (χ4v) is 5.35. The summed E-state index contributed by atoms with van der Waals surface area (Å²) in [5.74, 6) is -0.889. The molecule has 0 atom stereocenters. The van der Waals surface area contributed by atoms with Crippen molar-refractivity contribution in [3.63, 3.8) is 0 Å². The predicted octanol–water partition coefficient (Wildman–Crippen LogP) is 6.18. The van der Waals surface area contributed by atoms with Crippen LogP contribution in [0.15, 0.2) is 66.7 Å². The van der Waals surface area contributed by atoms with E-state index in [4.69, 9.17) is 0 Å². The lowest BCUT2D eigenvalue weighted by Gasteiger charge is -2.28. The van der Waals surface area contributed by atoms with Gasteiger partial charge in [0.25, 0.3) is 11.6 Å². The summed E-state index contributed by atoms with van der Waals surface area (Å²) in [7, 11) is 0. The molecule has 2 heterocycles. The van der Waals surface area contributed by atoms with Gasteiger partial charge >= 0.3 is 0 Å². The molecule has 3 aromatic carbocycles. The van der Waals surface area contributed by atoms with E-state index in [9.17, 15) is 19.3 Å². The number of fused-ring (bicyclic) bond motifs is 1. The molecule has 1 saturated heterocycles. The standard InChI is InChI=1S/C26H23FN4O3S/c27-20-10-7-11-23-24(20)28-26(35-23)30(17-18-8-3-1-4-9-18)25(32)19-12-13-21(22(16-19)31(33)34)29-14-5-2-6-15-29/h1,3-4,7-13,16H,2,5-6,14-15,17H2. The molecule has 9 heteroatoms. The zero-order chi connectivity index (χ0) is 24.4. The van der Waals surface area contributed by atoms with E-state index in [2.05, 4.69) is 4.98 Å². The Kier molecular flexibility index (Phi) is 6.41. The highest BCUT2D eigenvalue weighted by Gasteiger charge is 2.27. The molecule has 1 aliphatic heterocycles. The Bertz CT molecular complexity index is 1390. The van der Waals surface area contributed by atoms with Crippen molar-refractivity contribution in [1.82, 2.24) is 4.98 Å². The van der Waals surface area contributed by atoms with Gasteiger partial charge in [-0.3, -0.25) is 19.8 Å². The van der Waals surface area contributed by atoms with Crippen LogP contribution >= 0.6 is 11.3 Å². The highest BCUT2D eigenvalue weighted by Crippen LogP contribution is 2.35. The highest BCUT2D eigenvalue weighted by molar-refractivity contribution is 7.22. The topological polar surface area (TPSA) is 79.6 Å². The first kappa shape index (κ1) is 22.9. The van der Waals surface area contributed by atoms with Crippen molar-refractivity contribution in [2.45, 2.75) is 25.8 Å². The number of anilines is 2. The van der Waals surface area contributed by atoms with Gasteiger partial charge in [-0.05, 0) is 49.1 Å². The van der Waals surface area contributed by atoms with E-state index in [1.807, 2.05) is 35.2 Å². The first-order chi connectivity index (χ1) is 17.0. The van der Waals surface area contributed by atoms with Crippen LogP contribution in [0.25, 0.3) is 10.2 Å². The smallest absolute Gasteiger partial charge is 0.293 e. The number of hydrogen-bond acceptors (Lipinski definition) is 6. The molecular weight excluding hydrogens is 467 g/mol. The SMILES string of the molecule is O=C(c1ccc(N2CCCCC2)c([N+](=O)[O-])c1)N(Cc1ccccc1)c1nc2c(F)cccc2s1. The zero-order valence-electron chi connectivity index (χ0n) is 18.9. The fraction of sp³-hybridized carbons (Fsp3) is 0.231. The van der Waals surface area contributed by atoms with Gasteiger partial charge in [0.05, 0.1) is 16.2 Å². The summed E-state index contributed by atoms with van der Waals surface area (Å²) in [6.07, 6.45) is 3.08. The first-order valence-electron chi connectivity index (χ1n) is 11.5. The molecule has 1 fully saturated rings. The van der Waals surface area contributed by atoms with Crippen LogP contribution in [0.3, 0.4) is 0 Å². The van der Waals surface area contributed by atoms with E-state index in [-0.39, 0.29) is 23.3 Å². The van der Waals surface area contributed by atoms with Crippen LogP contribution in [0.2, 0.25) is 0 Å². The number of carbonyl (C=O) groups excluding carboxylic acids is 1. The third kappa shape index (κ3) is 4.72. The lowest BCUT2D eigenvalue weighted by atomic mass is 10.1. The minimum Gasteiger partial charge on any atom is -0.366 e. The molecule has 0 bridgehead atoms. The predicted molar refractivity (Wildman–Crippen MR) is 136 cm³/mol. The monoisotopic (exact) mass is 490 g/mol. The average molecular weight is 491 g/mol. The Morgan fingerprint density at radius 2 is 1.83 bits per heavy atom. The third-order valence-corrected chi connectivity index (χ3v) is 7.18. The van der Waals surface area contributed by atoms with Crippen LogP contribution in [-0.2, 0) is 6.54 Å². The van der Waals surface area contributed by atoms with Crippen molar-refractivity contribution < 1.29 is 14.1 Å². The number of piperidine rings is 1. The van der Waals surface area contributed by atoms with E-state index < -0.39 is 16.6 Å². The molecule has 5 rings (SSSR count). The number of amides is 1. The molecule has 0 spiro atoms. The van der Waals surface area contributed by atoms with Crippen molar-refractivity contribution >= 4 is 44.0 Å². The number of thiazole rings is 1. The van der Waals surface area contributed by atoms with Crippen molar-refractivity contribution in [2.24, 2.45) is 0 Å². The van der Waals surface area contributed by atoms with Gasteiger partial charge in [0.1, 0.15) is 17.0 Å². The number of benzene rings is 3. The maximum atomic E-state index is 14.3. The number of para-hydroxylation sites is 1. The Morgan fingerprint density at radius 3 is 2.54 bits per heavy atom. The number of nitro benzene ring substituents is 1. The van der Waals surface area contributed by atoms with Crippen LogP contribution in [-0.4, -0.2) is 28.9 Å². The second-order valence-electron chi connectivity index (χ2n) is 8.47. The van der Waals surface area contributed by atoms with E-state index in [0.29, 0.717) is 15.5 Å². The zero-order valence-corrected chi connectivity index (χ0v) is 19.7. The van der Waals surface area contributed by atoms with Gasteiger partial charge in [0, 0.05) is 24.7 Å². The Hall–Kier alpha value is -3.85. The number of nitro groups is 1. The summed E-state index contributed by atoms with van der Waals surface area (Å²) in [5, 5.41) is 12.3. The lowest BCUT2D eigenvalue weighted by Crippen LogP contribution is -2.31. The van der Waals surface area contributed by atoms with Gasteiger partial charge in [-0.2, -0.15) is 0 Å². The quantitative estimate of drug-likeness (QED) is 0.238. The molecule has 1 aromatic heterocycles. The van der Waals surface area contributed by atoms with Gasteiger partial charge < -0.3 is 4.90 Å². The molecule has 35 heavy (non-hydrogen) atoms. The van der Waals surface area contributed by atoms with E-state index in [0.717, 1.165) is 37.9 Å². The summed E-state index contributed by atoms with van der Waals surface area (Å²) in [6, 6.07) is 18.7. The van der Waals surface area contributed by atoms with E-state index >= 15 is 0 Å². The Labute approximate surface area is 205 Å². The summed E-state index contributed by atoms with van der Waals surface area (Å²) in [5.41, 5.74) is 1.69. The van der Waals surface area contributed by atoms with Gasteiger partial charge in [-0.1, -0.05) is 47.7 Å². The molecule has 7 nitrogen and oxygen atoms in total. The number of carbonyl (C=O) groups is 1. The van der Waals surface area contributed by atoms with Crippen LogP contribution in [0, 0.1) is 15.9 Å². The van der Waals surface area contributed by atoms with Crippen LogP contribution in [0.4, 0.5) is 20.9 Å². The molecule has 1 aliphatic rings. The molecule has 1 amide bonds. The molecule has 0 aliphatic carbocycles. The minimum atomic E-state index is -0.460. The minimum absolute atomic E-state index is 0.0900. The summed E-state index contributed by atoms with van der Waals surface area (Å²) in [4.78, 5) is 33.1. The molecule has 178 valence electrons. The molecule has 0 unspecified atom stereocenters. The van der Waals surface area contributed by atoms with Crippen molar-refractivity contribution in [1.29, 1.82) is 0 Å². The normalized spacial score (nSPS) is 13.7. The Balaban J connectivity index is 1.55. The van der Waals surface area contributed by atoms with Gasteiger partial charge in [0.15, 0.2) is 5.13 Å². The van der Waals surface area contributed by atoms with E-state index in [1.54, 1.807) is 24.3 Å². The third-order valence-electron chi connectivity index (χ3n) is 6.13. The lowest BCUT2D eigenvalue weighted by molar-refractivity contribution is -0.384. The highest BCUT2D eigenvalue weighted by atomic mass is 32.1. The summed E-state index contributed by atoms with van der Waals surface area (Å²) in [6.45, 7) is 1.71. The molecular formula is C26H23FN4O3S. The summed E-state index contributed by atoms with van der Waals surface area (Å²) >= 11 is 1.21. The van der Waals surface area contributed by atoms with Crippen molar-refractivity contribution in [3.8, 4) is 0 Å². The van der Waals surface area contributed by atoms with E-state index in [1.165, 1.54) is 28.4 Å². The number of nitrogens with zero attached hydrogens (tertiary/aromatic N) is 4. The maximum Gasteiger partial charge on any atom is 0.293 e.